The molecule has 0 saturated heterocycles. The normalized spacial score (nSPS) is 12.6. The van der Waals surface area contributed by atoms with Crippen LogP contribution >= 0.6 is 11.8 Å². The van der Waals surface area contributed by atoms with Crippen molar-refractivity contribution < 1.29 is 5.11 Å². The number of H-pyrrole nitrogens is 1. The maximum Gasteiger partial charge on any atom is 0.170 e. The Labute approximate surface area is 98.9 Å². The van der Waals surface area contributed by atoms with Gasteiger partial charge in [0.1, 0.15) is 0 Å². The number of benzene rings is 1. The summed E-state index contributed by atoms with van der Waals surface area (Å²) in [4.78, 5) is 8.29. The van der Waals surface area contributed by atoms with Crippen molar-refractivity contribution in [3.8, 4) is 0 Å². The van der Waals surface area contributed by atoms with E-state index < -0.39 is 0 Å². The summed E-state index contributed by atoms with van der Waals surface area (Å²) in [6, 6.07) is 7.92. The zero-order valence-electron chi connectivity index (χ0n) is 9.05. The van der Waals surface area contributed by atoms with Crippen LogP contribution < -0.4 is 0 Å². The lowest BCUT2D eigenvalue weighted by Crippen LogP contribution is -1.94. The van der Waals surface area contributed by atoms with Crippen LogP contribution in [-0.4, -0.2) is 15.1 Å². The van der Waals surface area contributed by atoms with Crippen molar-refractivity contribution in [2.24, 2.45) is 0 Å². The second-order valence-electron chi connectivity index (χ2n) is 3.49. The van der Waals surface area contributed by atoms with Crippen molar-refractivity contribution >= 4 is 11.8 Å². The van der Waals surface area contributed by atoms with Gasteiger partial charge >= 0.3 is 0 Å². The van der Waals surface area contributed by atoms with Crippen molar-refractivity contribution in [2.75, 3.05) is 0 Å². The molecule has 2 N–H and O–H groups in total. The second kappa shape index (κ2) is 5.18. The average molecular weight is 234 g/mol. The SMILES string of the molecule is CC[C@H](O)c1ccc(Sc2ncc[nH]2)cc1. The number of nitrogens with one attached hydrogen (secondary N) is 1. The molecule has 0 bridgehead atoms. The molecule has 2 aromatic rings. The molecular weight excluding hydrogens is 220 g/mol. The lowest BCUT2D eigenvalue weighted by atomic mass is 10.1. The number of aromatic nitrogens is 2. The van der Waals surface area contributed by atoms with Crippen LogP contribution in [0.2, 0.25) is 0 Å². The van der Waals surface area contributed by atoms with Gasteiger partial charge < -0.3 is 10.1 Å². The highest BCUT2D eigenvalue weighted by Gasteiger charge is 2.05. The van der Waals surface area contributed by atoms with Gasteiger partial charge in [0.05, 0.1) is 6.10 Å². The fraction of sp³-hybridized carbons (Fsp3) is 0.250. The van der Waals surface area contributed by atoms with Gasteiger partial charge in [-0.25, -0.2) is 4.98 Å². The number of imidazole rings is 1. The number of hydrogen-bond acceptors (Lipinski definition) is 3. The first-order valence-corrected chi connectivity index (χ1v) is 6.06. The fourth-order valence-electron chi connectivity index (χ4n) is 1.41. The summed E-state index contributed by atoms with van der Waals surface area (Å²) >= 11 is 1.57. The molecule has 1 atom stereocenters. The van der Waals surface area contributed by atoms with Crippen LogP contribution in [0.4, 0.5) is 0 Å². The highest BCUT2D eigenvalue weighted by atomic mass is 32.2. The molecule has 0 fully saturated rings. The lowest BCUT2D eigenvalue weighted by Gasteiger charge is -2.08. The first-order chi connectivity index (χ1) is 7.79. The number of aromatic amines is 1. The zero-order valence-corrected chi connectivity index (χ0v) is 9.87. The summed E-state index contributed by atoms with van der Waals surface area (Å²) in [5.41, 5.74) is 0.964. The first kappa shape index (κ1) is 11.2. The monoisotopic (exact) mass is 234 g/mol. The molecule has 4 heteroatoms. The molecule has 2 rings (SSSR count). The van der Waals surface area contributed by atoms with Crippen molar-refractivity contribution in [1.29, 1.82) is 0 Å². The number of rotatable bonds is 4. The highest BCUT2D eigenvalue weighted by Crippen LogP contribution is 2.26. The Kier molecular flexibility index (Phi) is 3.64. The standard InChI is InChI=1S/C12H14N2OS/c1-2-11(15)9-3-5-10(6-4-9)16-12-13-7-8-14-12/h3-8,11,15H,2H2,1H3,(H,13,14)/t11-/m0/s1. The Balaban J connectivity index is 2.07. The van der Waals surface area contributed by atoms with Gasteiger partial charge in [0.15, 0.2) is 5.16 Å². The van der Waals surface area contributed by atoms with Crippen LogP contribution in [0.3, 0.4) is 0 Å². The average Bonchev–Trinajstić information content (AvgIpc) is 2.82. The van der Waals surface area contributed by atoms with Gasteiger partial charge in [-0.05, 0) is 24.1 Å². The summed E-state index contributed by atoms with van der Waals surface area (Å²) in [6.07, 6.45) is 3.92. The molecule has 0 aliphatic rings. The van der Waals surface area contributed by atoms with E-state index in [1.54, 1.807) is 24.2 Å². The molecule has 0 unspecified atom stereocenters. The molecule has 0 aliphatic carbocycles. The van der Waals surface area contributed by atoms with Crippen molar-refractivity contribution in [2.45, 2.75) is 29.5 Å². The molecule has 0 amide bonds. The second-order valence-corrected chi connectivity index (χ2v) is 4.55. The molecule has 0 aliphatic heterocycles. The Morgan fingerprint density at radius 3 is 2.69 bits per heavy atom. The van der Waals surface area contributed by atoms with E-state index in [-0.39, 0.29) is 6.10 Å². The third-order valence-electron chi connectivity index (χ3n) is 2.34. The predicted molar refractivity (Wildman–Crippen MR) is 64.4 cm³/mol. The van der Waals surface area contributed by atoms with E-state index in [0.29, 0.717) is 0 Å². The number of aliphatic hydroxyl groups excluding tert-OH is 1. The fourth-order valence-corrected chi connectivity index (χ4v) is 2.15. The summed E-state index contributed by atoms with van der Waals surface area (Å²) in [7, 11) is 0. The van der Waals surface area contributed by atoms with Crippen LogP contribution in [0.25, 0.3) is 0 Å². The molecule has 1 aromatic heterocycles. The van der Waals surface area contributed by atoms with Crippen LogP contribution in [0.1, 0.15) is 25.0 Å². The van der Waals surface area contributed by atoms with Crippen molar-refractivity contribution in [3.05, 3.63) is 42.2 Å². The van der Waals surface area contributed by atoms with E-state index in [2.05, 4.69) is 9.97 Å². The van der Waals surface area contributed by atoms with Crippen LogP contribution in [0.15, 0.2) is 46.7 Å². The maximum absolute atomic E-state index is 9.65. The van der Waals surface area contributed by atoms with Gasteiger partial charge in [-0.15, -0.1) is 0 Å². The minimum atomic E-state index is -0.359. The molecule has 3 nitrogen and oxygen atoms in total. The summed E-state index contributed by atoms with van der Waals surface area (Å²) in [5.74, 6) is 0. The minimum absolute atomic E-state index is 0.359. The maximum atomic E-state index is 9.65. The molecule has 84 valence electrons. The van der Waals surface area contributed by atoms with Crippen LogP contribution in [0, 0.1) is 0 Å². The van der Waals surface area contributed by atoms with E-state index >= 15 is 0 Å². The number of hydrogen-bond donors (Lipinski definition) is 2. The Morgan fingerprint density at radius 1 is 1.38 bits per heavy atom. The summed E-state index contributed by atoms with van der Waals surface area (Å²) < 4.78 is 0. The molecule has 0 radical (unpaired) electrons. The molecular formula is C12H14N2OS. The van der Waals surface area contributed by atoms with E-state index in [1.807, 2.05) is 31.2 Å². The number of aliphatic hydroxyl groups is 1. The Hall–Kier alpha value is -1.26. The smallest absolute Gasteiger partial charge is 0.170 e. The van der Waals surface area contributed by atoms with Gasteiger partial charge in [0.25, 0.3) is 0 Å². The van der Waals surface area contributed by atoms with E-state index in [9.17, 15) is 5.11 Å². The van der Waals surface area contributed by atoms with Gasteiger partial charge in [-0.1, -0.05) is 30.8 Å². The van der Waals surface area contributed by atoms with E-state index in [4.69, 9.17) is 0 Å². The topological polar surface area (TPSA) is 48.9 Å². The third kappa shape index (κ3) is 2.65. The Morgan fingerprint density at radius 2 is 2.12 bits per heavy atom. The van der Waals surface area contributed by atoms with Gasteiger partial charge in [0.2, 0.25) is 0 Å². The first-order valence-electron chi connectivity index (χ1n) is 5.25. The quantitative estimate of drug-likeness (QED) is 0.855. The third-order valence-corrected chi connectivity index (χ3v) is 3.26. The van der Waals surface area contributed by atoms with Crippen LogP contribution in [-0.2, 0) is 0 Å². The molecule has 0 saturated carbocycles. The van der Waals surface area contributed by atoms with Gasteiger partial charge in [0, 0.05) is 17.3 Å². The molecule has 1 heterocycles. The number of nitrogens with zero attached hydrogens (tertiary/aromatic N) is 1. The predicted octanol–water partition coefficient (Wildman–Crippen LogP) is 3.00. The van der Waals surface area contributed by atoms with Crippen molar-refractivity contribution in [1.82, 2.24) is 9.97 Å². The lowest BCUT2D eigenvalue weighted by molar-refractivity contribution is 0.173. The van der Waals surface area contributed by atoms with Gasteiger partial charge in [-0.3, -0.25) is 0 Å². The van der Waals surface area contributed by atoms with E-state index in [0.717, 1.165) is 22.0 Å². The van der Waals surface area contributed by atoms with Crippen molar-refractivity contribution in [3.63, 3.8) is 0 Å². The minimum Gasteiger partial charge on any atom is -0.388 e. The molecule has 0 spiro atoms. The van der Waals surface area contributed by atoms with Crippen LogP contribution in [0.5, 0.6) is 0 Å². The zero-order chi connectivity index (χ0) is 11.4. The Bertz CT molecular complexity index is 425. The molecule has 1 aromatic carbocycles. The summed E-state index contributed by atoms with van der Waals surface area (Å²) in [5, 5.41) is 10.5. The largest absolute Gasteiger partial charge is 0.388 e. The van der Waals surface area contributed by atoms with Gasteiger partial charge in [-0.2, -0.15) is 0 Å². The van der Waals surface area contributed by atoms with E-state index in [1.165, 1.54) is 0 Å². The highest BCUT2D eigenvalue weighted by molar-refractivity contribution is 7.99. The molecule has 16 heavy (non-hydrogen) atoms. The summed E-state index contributed by atoms with van der Waals surface area (Å²) in [6.45, 7) is 1.97.